The van der Waals surface area contributed by atoms with Gasteiger partial charge < -0.3 is 4.90 Å². The summed E-state index contributed by atoms with van der Waals surface area (Å²) in [6.45, 7) is 3.15. The molecule has 6 nitrogen and oxygen atoms in total. The topological polar surface area (TPSA) is 50.1 Å². The molecule has 0 spiro atoms. The number of nitrogens with zero attached hydrogens (tertiary/aromatic N) is 6. The molecule has 5 rings (SSSR count). The number of hydrogen-bond acceptors (Lipinski definition) is 6. The van der Waals surface area contributed by atoms with Crippen molar-refractivity contribution in [2.45, 2.75) is 18.8 Å². The quantitative estimate of drug-likeness (QED) is 0.397. The lowest BCUT2D eigenvalue weighted by atomic mass is 10.1. The zero-order chi connectivity index (χ0) is 23.5. The van der Waals surface area contributed by atoms with Crippen LogP contribution in [-0.4, -0.2) is 51.3 Å². The predicted molar refractivity (Wildman–Crippen MR) is 125 cm³/mol. The molecule has 1 saturated heterocycles. The van der Waals surface area contributed by atoms with Gasteiger partial charge in [0.1, 0.15) is 6.04 Å². The molecule has 0 saturated carbocycles. The number of aromatic nitrogens is 4. The third kappa shape index (κ3) is 4.83. The zero-order valence-electron chi connectivity index (χ0n) is 18.3. The highest BCUT2D eigenvalue weighted by Gasteiger charge is 2.33. The number of alkyl halides is 3. The first kappa shape index (κ1) is 22.5. The van der Waals surface area contributed by atoms with Gasteiger partial charge in [0.05, 0.1) is 12.1 Å². The third-order valence-electron chi connectivity index (χ3n) is 6.01. The van der Waals surface area contributed by atoms with E-state index >= 15 is 0 Å². The first-order chi connectivity index (χ1) is 16.5. The fraction of sp³-hybridized carbons (Fsp3) is 0.292. The van der Waals surface area contributed by atoms with Crippen molar-refractivity contribution in [3.05, 3.63) is 93.9 Å². The third-order valence-corrected chi connectivity index (χ3v) is 6.93. The molecule has 2 aromatic carbocycles. The largest absolute Gasteiger partial charge is 0.416 e. The van der Waals surface area contributed by atoms with Crippen molar-refractivity contribution in [2.75, 3.05) is 31.1 Å². The summed E-state index contributed by atoms with van der Waals surface area (Å²) in [5.74, 6) is 0.763. The van der Waals surface area contributed by atoms with Crippen LogP contribution in [0.1, 0.15) is 27.9 Å². The summed E-state index contributed by atoms with van der Waals surface area (Å²) in [5, 5.41) is 14.6. The van der Waals surface area contributed by atoms with Crippen molar-refractivity contribution in [3.63, 3.8) is 0 Å². The molecule has 176 valence electrons. The van der Waals surface area contributed by atoms with E-state index in [1.807, 2.05) is 51.4 Å². The van der Waals surface area contributed by atoms with Gasteiger partial charge in [-0.25, -0.2) is 4.68 Å². The Hall–Kier alpha value is -3.24. The van der Waals surface area contributed by atoms with E-state index < -0.39 is 11.7 Å². The average Bonchev–Trinajstić information content (AvgIpc) is 3.53. The molecule has 0 aliphatic carbocycles. The normalized spacial score (nSPS) is 16.0. The second-order valence-corrected chi connectivity index (χ2v) is 9.15. The highest BCUT2D eigenvalue weighted by Crippen LogP contribution is 2.34. The Morgan fingerprint density at radius 3 is 2.41 bits per heavy atom. The number of hydrogen-bond donors (Lipinski definition) is 0. The van der Waals surface area contributed by atoms with Gasteiger partial charge >= 0.3 is 6.18 Å². The molecule has 1 aliphatic rings. The fourth-order valence-electron chi connectivity index (χ4n) is 4.31. The summed E-state index contributed by atoms with van der Waals surface area (Å²) in [7, 11) is 0. The summed E-state index contributed by atoms with van der Waals surface area (Å²) in [4.78, 5) is 5.45. The minimum Gasteiger partial charge on any atom is -0.369 e. The van der Waals surface area contributed by atoms with E-state index in [1.54, 1.807) is 17.4 Å². The lowest BCUT2D eigenvalue weighted by Gasteiger charge is -2.39. The predicted octanol–water partition coefficient (Wildman–Crippen LogP) is 4.71. The minimum absolute atomic E-state index is 0.123. The van der Waals surface area contributed by atoms with Crippen LogP contribution in [0.15, 0.2) is 72.1 Å². The summed E-state index contributed by atoms with van der Waals surface area (Å²) in [6, 6.07) is 19.5. The van der Waals surface area contributed by atoms with Crippen molar-refractivity contribution >= 4 is 17.0 Å². The lowest BCUT2D eigenvalue weighted by Crippen LogP contribution is -2.48. The molecule has 3 heterocycles. The van der Waals surface area contributed by atoms with Gasteiger partial charge in [0.2, 0.25) is 0 Å². The summed E-state index contributed by atoms with van der Waals surface area (Å²) < 4.78 is 41.3. The smallest absolute Gasteiger partial charge is 0.369 e. The van der Waals surface area contributed by atoms with E-state index in [-0.39, 0.29) is 6.04 Å². The Morgan fingerprint density at radius 1 is 0.912 bits per heavy atom. The maximum absolute atomic E-state index is 13.2. The first-order valence-electron chi connectivity index (χ1n) is 11.0. The Bertz CT molecular complexity index is 1200. The molecule has 1 atom stereocenters. The van der Waals surface area contributed by atoms with Crippen LogP contribution in [-0.2, 0) is 12.7 Å². The van der Waals surface area contributed by atoms with Crippen molar-refractivity contribution in [1.29, 1.82) is 0 Å². The van der Waals surface area contributed by atoms with E-state index in [1.165, 1.54) is 12.1 Å². The second kappa shape index (κ2) is 9.55. The van der Waals surface area contributed by atoms with Gasteiger partial charge in [-0.15, -0.1) is 16.4 Å². The second-order valence-electron chi connectivity index (χ2n) is 8.17. The Labute approximate surface area is 199 Å². The van der Waals surface area contributed by atoms with Gasteiger partial charge in [-0.05, 0) is 45.6 Å². The van der Waals surface area contributed by atoms with Crippen LogP contribution in [0.4, 0.5) is 18.9 Å². The van der Waals surface area contributed by atoms with Crippen LogP contribution in [0.25, 0.3) is 0 Å². The van der Waals surface area contributed by atoms with Crippen LogP contribution in [0.5, 0.6) is 0 Å². The van der Waals surface area contributed by atoms with Crippen LogP contribution in [0.2, 0.25) is 0 Å². The molecule has 2 aromatic heterocycles. The number of piperazine rings is 1. The van der Waals surface area contributed by atoms with E-state index in [9.17, 15) is 13.2 Å². The van der Waals surface area contributed by atoms with E-state index in [0.29, 0.717) is 38.4 Å². The Morgan fingerprint density at radius 2 is 1.71 bits per heavy atom. The summed E-state index contributed by atoms with van der Waals surface area (Å²) in [5.41, 5.74) is 1.08. The maximum Gasteiger partial charge on any atom is 0.416 e. The standard InChI is InChI=1S/C24H23F3N6S/c25-24(26,27)19-8-4-9-20(16-19)31-11-13-32(14-12-31)22(21-10-5-15-34-21)23-28-29-30-33(23)17-18-6-2-1-3-7-18/h1-10,15-16,22H,11-14,17H2/t22-/m0/s1. The number of anilines is 1. The molecular weight excluding hydrogens is 461 g/mol. The van der Waals surface area contributed by atoms with Crippen LogP contribution in [0, 0.1) is 0 Å². The van der Waals surface area contributed by atoms with Gasteiger partial charge in [-0.1, -0.05) is 42.5 Å². The molecule has 34 heavy (non-hydrogen) atoms. The molecule has 0 unspecified atom stereocenters. The molecule has 1 fully saturated rings. The molecule has 1 aliphatic heterocycles. The van der Waals surface area contributed by atoms with Crippen molar-refractivity contribution < 1.29 is 13.2 Å². The molecule has 0 amide bonds. The van der Waals surface area contributed by atoms with Crippen molar-refractivity contribution in [3.8, 4) is 0 Å². The maximum atomic E-state index is 13.2. The van der Waals surface area contributed by atoms with Crippen molar-refractivity contribution in [2.24, 2.45) is 0 Å². The van der Waals surface area contributed by atoms with E-state index in [0.717, 1.165) is 22.3 Å². The zero-order valence-corrected chi connectivity index (χ0v) is 19.1. The number of halogens is 3. The van der Waals surface area contributed by atoms with Gasteiger partial charge in [0, 0.05) is 36.7 Å². The van der Waals surface area contributed by atoms with Gasteiger partial charge in [-0.3, -0.25) is 4.90 Å². The molecule has 0 bridgehead atoms. The van der Waals surface area contributed by atoms with Crippen LogP contribution < -0.4 is 4.90 Å². The Balaban J connectivity index is 1.36. The van der Waals surface area contributed by atoms with E-state index in [2.05, 4.69) is 26.5 Å². The van der Waals surface area contributed by atoms with Gasteiger partial charge in [-0.2, -0.15) is 13.2 Å². The Kier molecular flexibility index (Phi) is 6.34. The van der Waals surface area contributed by atoms with Gasteiger partial charge in [0.15, 0.2) is 5.82 Å². The van der Waals surface area contributed by atoms with Crippen LogP contribution in [0.3, 0.4) is 0 Å². The minimum atomic E-state index is -4.35. The summed E-state index contributed by atoms with van der Waals surface area (Å²) in [6.07, 6.45) is -4.35. The van der Waals surface area contributed by atoms with Gasteiger partial charge in [0.25, 0.3) is 0 Å². The molecule has 0 N–H and O–H groups in total. The number of benzene rings is 2. The molecule has 10 heteroatoms. The van der Waals surface area contributed by atoms with Crippen molar-refractivity contribution in [1.82, 2.24) is 25.1 Å². The van der Waals surface area contributed by atoms with E-state index in [4.69, 9.17) is 0 Å². The number of rotatable bonds is 6. The number of thiophene rings is 1. The SMILES string of the molecule is FC(F)(F)c1cccc(N2CCN([C@@H](c3cccs3)c3nnnn3Cc3ccccc3)CC2)c1. The average molecular weight is 485 g/mol. The molecule has 4 aromatic rings. The summed E-state index contributed by atoms with van der Waals surface area (Å²) >= 11 is 1.65. The first-order valence-corrected chi connectivity index (χ1v) is 11.9. The molecule has 0 radical (unpaired) electrons. The lowest BCUT2D eigenvalue weighted by molar-refractivity contribution is -0.137. The highest BCUT2D eigenvalue weighted by atomic mass is 32.1. The number of tetrazole rings is 1. The fourth-order valence-corrected chi connectivity index (χ4v) is 5.17. The highest BCUT2D eigenvalue weighted by molar-refractivity contribution is 7.10. The monoisotopic (exact) mass is 484 g/mol. The molecular formula is C24H23F3N6S. The van der Waals surface area contributed by atoms with Crippen LogP contribution >= 0.6 is 11.3 Å².